The van der Waals surface area contributed by atoms with Gasteiger partial charge in [-0.15, -0.1) is 28.8 Å². The van der Waals surface area contributed by atoms with E-state index in [4.69, 9.17) is 15.7 Å². The molecule has 0 spiro atoms. The number of fused-ring (bicyclic) bond motifs is 1. The maximum absolute atomic E-state index is 12.1. The fourth-order valence-corrected chi connectivity index (χ4v) is 3.50. The molecule has 0 bridgehead atoms. The molecule has 1 atom stereocenters. The molecular formula is C19H30ClN3O4S. The van der Waals surface area contributed by atoms with E-state index in [0.29, 0.717) is 0 Å². The number of carbonyl (C=O) groups excluding carboxylic acids is 2. The summed E-state index contributed by atoms with van der Waals surface area (Å²) >= 11 is 1.55. The van der Waals surface area contributed by atoms with Crippen molar-refractivity contribution >= 4 is 45.8 Å². The number of urea groups is 1. The Morgan fingerprint density at radius 3 is 2.29 bits per heavy atom. The molecule has 0 aliphatic carbocycles. The lowest BCUT2D eigenvalue weighted by atomic mass is 10.2. The average Bonchev–Trinajstić information content (AvgIpc) is 3.08. The molecular weight excluding hydrogens is 402 g/mol. The lowest BCUT2D eigenvalue weighted by molar-refractivity contribution is -0.184. The SMILES string of the molecule is CCN(CC)CC(=O)ON(C(N)=O)C(C)c1cc2ccccc2s1.CCO.Cl. The summed E-state index contributed by atoms with van der Waals surface area (Å²) < 4.78 is 1.11. The van der Waals surface area contributed by atoms with Crippen molar-refractivity contribution in [1.82, 2.24) is 9.96 Å². The fraction of sp³-hybridized carbons (Fsp3) is 0.474. The van der Waals surface area contributed by atoms with Crippen LogP contribution in [0.25, 0.3) is 10.1 Å². The number of nitrogens with two attached hydrogens (primary N) is 1. The molecule has 2 aromatic rings. The van der Waals surface area contributed by atoms with E-state index in [1.807, 2.05) is 49.1 Å². The summed E-state index contributed by atoms with van der Waals surface area (Å²) in [6.45, 7) is 9.23. The second-order valence-corrected chi connectivity index (χ2v) is 6.88. The predicted molar refractivity (Wildman–Crippen MR) is 116 cm³/mol. The summed E-state index contributed by atoms with van der Waals surface area (Å²) in [6, 6.07) is 8.69. The standard InChI is InChI=1S/C17H23N3O3S.C2H6O.ClH/c1-4-19(5-2)11-16(21)23-20(17(18)22)12(3)15-10-13-8-6-7-9-14(13)24-15;1-2-3;/h6-10,12H,4-5,11H2,1-3H3,(H2,18,22);3H,2H2,1H3;1H. The molecule has 9 heteroatoms. The van der Waals surface area contributed by atoms with E-state index in [0.717, 1.165) is 33.1 Å². The van der Waals surface area contributed by atoms with E-state index in [-0.39, 0.29) is 25.6 Å². The van der Waals surface area contributed by atoms with E-state index in [2.05, 4.69) is 0 Å². The molecule has 158 valence electrons. The van der Waals surface area contributed by atoms with Crippen LogP contribution in [-0.4, -0.2) is 53.3 Å². The third kappa shape index (κ3) is 7.63. The number of amides is 2. The summed E-state index contributed by atoms with van der Waals surface area (Å²) in [7, 11) is 0. The minimum absolute atomic E-state index is 0. The Balaban J connectivity index is 0.00000171. The van der Waals surface area contributed by atoms with Gasteiger partial charge in [-0.3, -0.25) is 4.90 Å². The molecule has 1 aromatic heterocycles. The number of nitrogens with zero attached hydrogens (tertiary/aromatic N) is 2. The zero-order valence-electron chi connectivity index (χ0n) is 16.8. The smallest absolute Gasteiger partial charge is 0.348 e. The normalized spacial score (nSPS) is 11.2. The molecule has 0 aliphatic heterocycles. The fourth-order valence-electron chi connectivity index (χ4n) is 2.41. The molecule has 28 heavy (non-hydrogen) atoms. The lowest BCUT2D eigenvalue weighted by Gasteiger charge is -2.26. The first-order chi connectivity index (χ1) is 12.9. The average molecular weight is 432 g/mol. The number of likely N-dealkylation sites (N-methyl/N-ethyl adjacent to an activating group) is 1. The van der Waals surface area contributed by atoms with Crippen molar-refractivity contribution in [3.63, 3.8) is 0 Å². The number of hydrogen-bond donors (Lipinski definition) is 2. The van der Waals surface area contributed by atoms with Crippen LogP contribution in [-0.2, 0) is 9.63 Å². The molecule has 2 rings (SSSR count). The van der Waals surface area contributed by atoms with Crippen molar-refractivity contribution in [2.75, 3.05) is 26.2 Å². The summed E-state index contributed by atoms with van der Waals surface area (Å²) in [4.78, 5) is 31.9. The van der Waals surface area contributed by atoms with Crippen LogP contribution in [0.1, 0.15) is 38.6 Å². The topological polar surface area (TPSA) is 96.1 Å². The molecule has 0 radical (unpaired) electrons. The van der Waals surface area contributed by atoms with E-state index in [9.17, 15) is 9.59 Å². The van der Waals surface area contributed by atoms with Crippen LogP contribution in [0.5, 0.6) is 0 Å². The number of thiophene rings is 1. The van der Waals surface area contributed by atoms with Gasteiger partial charge >= 0.3 is 12.0 Å². The number of carbonyl (C=O) groups is 2. The van der Waals surface area contributed by atoms with E-state index in [1.165, 1.54) is 0 Å². The number of hydroxylamine groups is 2. The first kappa shape index (κ1) is 26.1. The number of rotatable bonds is 6. The third-order valence-electron chi connectivity index (χ3n) is 3.87. The van der Waals surface area contributed by atoms with Crippen molar-refractivity contribution in [2.24, 2.45) is 5.73 Å². The Morgan fingerprint density at radius 2 is 1.79 bits per heavy atom. The van der Waals surface area contributed by atoms with Gasteiger partial charge in [0.25, 0.3) is 0 Å². The Kier molecular flexibility index (Phi) is 12.4. The maximum atomic E-state index is 12.1. The van der Waals surface area contributed by atoms with Gasteiger partial charge in [-0.05, 0) is 44.5 Å². The second kappa shape index (κ2) is 13.3. The zero-order chi connectivity index (χ0) is 20.4. The van der Waals surface area contributed by atoms with Crippen LogP contribution in [0, 0.1) is 0 Å². The highest BCUT2D eigenvalue weighted by Gasteiger charge is 2.26. The largest absolute Gasteiger partial charge is 0.397 e. The highest BCUT2D eigenvalue weighted by molar-refractivity contribution is 7.19. The van der Waals surface area contributed by atoms with Crippen LogP contribution in [0.4, 0.5) is 4.79 Å². The second-order valence-electron chi connectivity index (χ2n) is 5.77. The zero-order valence-corrected chi connectivity index (χ0v) is 18.4. The predicted octanol–water partition coefficient (Wildman–Crippen LogP) is 3.56. The minimum atomic E-state index is -0.784. The van der Waals surface area contributed by atoms with Gasteiger partial charge in [0.05, 0.1) is 6.54 Å². The number of benzene rings is 1. The number of aliphatic hydroxyl groups is 1. The van der Waals surface area contributed by atoms with Crippen molar-refractivity contribution in [3.8, 4) is 0 Å². The van der Waals surface area contributed by atoms with Crippen LogP contribution in [0.2, 0.25) is 0 Å². The molecule has 1 unspecified atom stereocenters. The monoisotopic (exact) mass is 431 g/mol. The molecule has 3 N–H and O–H groups in total. The van der Waals surface area contributed by atoms with Crippen LogP contribution >= 0.6 is 23.7 Å². The van der Waals surface area contributed by atoms with Crippen molar-refractivity contribution in [2.45, 2.75) is 33.7 Å². The van der Waals surface area contributed by atoms with Gasteiger partial charge in [0, 0.05) is 16.2 Å². The quantitative estimate of drug-likeness (QED) is 0.681. The molecule has 1 aromatic carbocycles. The minimum Gasteiger partial charge on any atom is -0.397 e. The maximum Gasteiger partial charge on any atom is 0.348 e. The molecule has 0 saturated heterocycles. The Labute approximate surface area is 176 Å². The number of halogens is 1. The summed E-state index contributed by atoms with van der Waals surface area (Å²) in [5.74, 6) is -0.495. The van der Waals surface area contributed by atoms with E-state index in [1.54, 1.807) is 25.2 Å². The number of hydrogen-bond acceptors (Lipinski definition) is 6. The van der Waals surface area contributed by atoms with Crippen molar-refractivity contribution in [3.05, 3.63) is 35.2 Å². The van der Waals surface area contributed by atoms with Crippen molar-refractivity contribution < 1.29 is 19.5 Å². The van der Waals surface area contributed by atoms with Gasteiger partial charge in [-0.25, -0.2) is 9.59 Å². The van der Waals surface area contributed by atoms with E-state index < -0.39 is 18.0 Å². The van der Waals surface area contributed by atoms with E-state index >= 15 is 0 Å². The van der Waals surface area contributed by atoms with Crippen LogP contribution in [0.3, 0.4) is 0 Å². The van der Waals surface area contributed by atoms with Crippen LogP contribution in [0.15, 0.2) is 30.3 Å². The molecule has 0 saturated carbocycles. The molecule has 1 heterocycles. The Hall–Kier alpha value is -1.87. The van der Waals surface area contributed by atoms with Gasteiger partial charge in [0.1, 0.15) is 6.04 Å². The number of primary amides is 1. The van der Waals surface area contributed by atoms with Gasteiger partial charge in [-0.1, -0.05) is 32.0 Å². The van der Waals surface area contributed by atoms with Gasteiger partial charge in [0.2, 0.25) is 0 Å². The van der Waals surface area contributed by atoms with Gasteiger partial charge < -0.3 is 15.7 Å². The van der Waals surface area contributed by atoms with Gasteiger partial charge in [-0.2, -0.15) is 0 Å². The molecule has 0 fully saturated rings. The van der Waals surface area contributed by atoms with Crippen molar-refractivity contribution in [1.29, 1.82) is 0 Å². The number of aliphatic hydroxyl groups excluding tert-OH is 1. The Bertz CT molecular complexity index is 704. The molecule has 7 nitrogen and oxygen atoms in total. The molecule has 0 aliphatic rings. The summed E-state index contributed by atoms with van der Waals surface area (Å²) in [6.07, 6.45) is 0. The summed E-state index contributed by atoms with van der Waals surface area (Å²) in [5, 5.41) is 9.61. The first-order valence-electron chi connectivity index (χ1n) is 8.98. The lowest BCUT2D eigenvalue weighted by Crippen LogP contribution is -2.42. The highest BCUT2D eigenvalue weighted by atomic mass is 35.5. The third-order valence-corrected chi connectivity index (χ3v) is 5.16. The molecule has 2 amide bonds. The van der Waals surface area contributed by atoms with Gasteiger partial charge in [0.15, 0.2) is 0 Å². The summed E-state index contributed by atoms with van der Waals surface area (Å²) in [5.41, 5.74) is 5.41. The first-order valence-corrected chi connectivity index (χ1v) is 9.80. The Morgan fingerprint density at radius 1 is 1.21 bits per heavy atom. The van der Waals surface area contributed by atoms with Crippen LogP contribution < -0.4 is 5.73 Å². The highest BCUT2D eigenvalue weighted by Crippen LogP contribution is 2.32.